The Balaban J connectivity index is 1.74. The number of hydrogen-bond acceptors (Lipinski definition) is 5. The zero-order chi connectivity index (χ0) is 17.1. The second-order valence-corrected chi connectivity index (χ2v) is 6.09. The van der Waals surface area contributed by atoms with E-state index in [-0.39, 0.29) is 11.9 Å². The molecule has 1 amide bonds. The number of carbonyl (C=O) groups is 1. The highest BCUT2D eigenvalue weighted by Crippen LogP contribution is 2.25. The molecule has 0 saturated carbocycles. The minimum atomic E-state index is 0.119. The molecule has 0 N–H and O–H groups in total. The van der Waals surface area contributed by atoms with E-state index in [9.17, 15) is 4.79 Å². The molecule has 0 aliphatic carbocycles. The first-order chi connectivity index (χ1) is 11.5. The van der Waals surface area contributed by atoms with Crippen molar-refractivity contribution in [3.8, 4) is 11.6 Å². The molecule has 1 aliphatic rings. The molecule has 1 aromatic carbocycles. The van der Waals surface area contributed by atoms with Crippen molar-refractivity contribution < 1.29 is 9.53 Å². The molecule has 2 heterocycles. The quantitative estimate of drug-likeness (QED) is 0.868. The van der Waals surface area contributed by atoms with Crippen molar-refractivity contribution >= 4 is 11.7 Å². The Morgan fingerprint density at radius 2 is 2.04 bits per heavy atom. The summed E-state index contributed by atoms with van der Waals surface area (Å²) in [4.78, 5) is 24.2. The molecular weight excluding hydrogens is 304 g/mol. The summed E-state index contributed by atoms with van der Waals surface area (Å²) in [5.74, 6) is 2.25. The number of benzene rings is 1. The number of carbonyl (C=O) groups excluding carboxylic acids is 1. The standard InChI is InChI=1S/C18H22N4O2/c1-13-6-4-5-7-16(13)24-18-10-17(19-12-20-18)21-8-9-22(15(3)23)14(2)11-21/h4-7,10,12,14H,8-9,11H2,1-3H3/t14-/m0/s1. The maximum absolute atomic E-state index is 11.6. The van der Waals surface area contributed by atoms with Gasteiger partial charge in [-0.3, -0.25) is 4.79 Å². The predicted octanol–water partition coefficient (Wildman–Crippen LogP) is 2.63. The SMILES string of the molecule is CC(=O)N1CCN(c2cc(Oc3ccccc3C)ncn2)C[C@@H]1C. The van der Waals surface area contributed by atoms with Gasteiger partial charge >= 0.3 is 0 Å². The normalized spacial score (nSPS) is 17.7. The van der Waals surface area contributed by atoms with Crippen LogP contribution in [-0.2, 0) is 4.79 Å². The first-order valence-electron chi connectivity index (χ1n) is 8.12. The molecule has 3 rings (SSSR count). The van der Waals surface area contributed by atoms with Crippen molar-refractivity contribution in [2.45, 2.75) is 26.8 Å². The first kappa shape index (κ1) is 16.2. The molecule has 2 aromatic rings. The van der Waals surface area contributed by atoms with Gasteiger partial charge in [0.15, 0.2) is 0 Å². The predicted molar refractivity (Wildman–Crippen MR) is 92.3 cm³/mol. The van der Waals surface area contributed by atoms with Crippen LogP contribution in [0.5, 0.6) is 11.6 Å². The van der Waals surface area contributed by atoms with Crippen LogP contribution < -0.4 is 9.64 Å². The first-order valence-corrected chi connectivity index (χ1v) is 8.12. The number of anilines is 1. The minimum absolute atomic E-state index is 0.119. The molecule has 1 saturated heterocycles. The van der Waals surface area contributed by atoms with Crippen molar-refractivity contribution in [2.75, 3.05) is 24.5 Å². The van der Waals surface area contributed by atoms with Gasteiger partial charge in [0.2, 0.25) is 11.8 Å². The van der Waals surface area contributed by atoms with Crippen LogP contribution in [0.4, 0.5) is 5.82 Å². The molecule has 0 unspecified atom stereocenters. The number of piperazine rings is 1. The lowest BCUT2D eigenvalue weighted by Crippen LogP contribution is -2.53. The Bertz CT molecular complexity index is 734. The maximum Gasteiger partial charge on any atom is 0.224 e. The van der Waals surface area contributed by atoms with Crippen LogP contribution in [0.1, 0.15) is 19.4 Å². The van der Waals surface area contributed by atoms with Gasteiger partial charge in [0, 0.05) is 38.7 Å². The van der Waals surface area contributed by atoms with E-state index >= 15 is 0 Å². The molecule has 6 heteroatoms. The molecule has 1 atom stereocenters. The molecule has 1 aromatic heterocycles. The fraction of sp³-hybridized carbons (Fsp3) is 0.389. The fourth-order valence-electron chi connectivity index (χ4n) is 2.98. The number of ether oxygens (including phenoxy) is 1. The van der Waals surface area contributed by atoms with Gasteiger partial charge in [-0.15, -0.1) is 0 Å². The third kappa shape index (κ3) is 3.48. The summed E-state index contributed by atoms with van der Waals surface area (Å²) in [6.45, 7) is 7.88. The Kier molecular flexibility index (Phi) is 4.64. The lowest BCUT2D eigenvalue weighted by Gasteiger charge is -2.39. The van der Waals surface area contributed by atoms with Crippen molar-refractivity contribution in [2.24, 2.45) is 0 Å². The summed E-state index contributed by atoms with van der Waals surface area (Å²) in [6, 6.07) is 9.84. The summed E-state index contributed by atoms with van der Waals surface area (Å²) in [5, 5.41) is 0. The van der Waals surface area contributed by atoms with Crippen LogP contribution in [0.15, 0.2) is 36.7 Å². The van der Waals surface area contributed by atoms with E-state index in [4.69, 9.17) is 4.74 Å². The number of hydrogen-bond donors (Lipinski definition) is 0. The van der Waals surface area contributed by atoms with Crippen LogP contribution in [0, 0.1) is 6.92 Å². The minimum Gasteiger partial charge on any atom is -0.439 e. The van der Waals surface area contributed by atoms with Crippen LogP contribution in [-0.4, -0.2) is 46.5 Å². The highest BCUT2D eigenvalue weighted by molar-refractivity contribution is 5.74. The van der Waals surface area contributed by atoms with Crippen LogP contribution >= 0.6 is 0 Å². The lowest BCUT2D eigenvalue weighted by atomic mass is 10.2. The second-order valence-electron chi connectivity index (χ2n) is 6.09. The summed E-state index contributed by atoms with van der Waals surface area (Å²) in [7, 11) is 0. The topological polar surface area (TPSA) is 58.6 Å². The highest BCUT2D eigenvalue weighted by atomic mass is 16.5. The number of aryl methyl sites for hydroxylation is 1. The van der Waals surface area contributed by atoms with Gasteiger partial charge in [-0.25, -0.2) is 9.97 Å². The molecule has 1 aliphatic heterocycles. The fourth-order valence-corrected chi connectivity index (χ4v) is 2.98. The zero-order valence-electron chi connectivity index (χ0n) is 14.3. The lowest BCUT2D eigenvalue weighted by molar-refractivity contribution is -0.131. The zero-order valence-corrected chi connectivity index (χ0v) is 14.3. The smallest absolute Gasteiger partial charge is 0.224 e. The highest BCUT2D eigenvalue weighted by Gasteiger charge is 2.26. The van der Waals surface area contributed by atoms with E-state index in [1.54, 1.807) is 6.92 Å². The summed E-state index contributed by atoms with van der Waals surface area (Å²) in [5.41, 5.74) is 1.06. The van der Waals surface area contributed by atoms with Crippen LogP contribution in [0.3, 0.4) is 0 Å². The number of nitrogens with zero attached hydrogens (tertiary/aromatic N) is 4. The van der Waals surface area contributed by atoms with E-state index in [1.807, 2.05) is 42.2 Å². The average molecular weight is 326 g/mol. The molecule has 24 heavy (non-hydrogen) atoms. The number of rotatable bonds is 3. The van der Waals surface area contributed by atoms with Gasteiger partial charge in [-0.1, -0.05) is 18.2 Å². The van der Waals surface area contributed by atoms with Crippen LogP contribution in [0.2, 0.25) is 0 Å². The monoisotopic (exact) mass is 326 g/mol. The van der Waals surface area contributed by atoms with Gasteiger partial charge in [0.05, 0.1) is 0 Å². The van der Waals surface area contributed by atoms with E-state index in [1.165, 1.54) is 6.33 Å². The van der Waals surface area contributed by atoms with Crippen molar-refractivity contribution in [3.05, 3.63) is 42.2 Å². The molecule has 6 nitrogen and oxygen atoms in total. The van der Waals surface area contributed by atoms with Gasteiger partial charge in [-0.05, 0) is 25.5 Å². The maximum atomic E-state index is 11.6. The number of amides is 1. The molecule has 126 valence electrons. The summed E-state index contributed by atoms with van der Waals surface area (Å²) in [6.07, 6.45) is 1.52. The molecule has 0 radical (unpaired) electrons. The molecule has 0 spiro atoms. The van der Waals surface area contributed by atoms with Crippen molar-refractivity contribution in [3.63, 3.8) is 0 Å². The Morgan fingerprint density at radius 1 is 1.25 bits per heavy atom. The van der Waals surface area contributed by atoms with E-state index in [2.05, 4.69) is 21.8 Å². The van der Waals surface area contributed by atoms with E-state index in [0.29, 0.717) is 12.4 Å². The van der Waals surface area contributed by atoms with Gasteiger partial charge in [-0.2, -0.15) is 0 Å². The molecular formula is C18H22N4O2. The largest absolute Gasteiger partial charge is 0.439 e. The number of para-hydroxylation sites is 1. The average Bonchev–Trinajstić information content (AvgIpc) is 2.57. The van der Waals surface area contributed by atoms with Gasteiger partial charge in [0.1, 0.15) is 17.9 Å². The summed E-state index contributed by atoms with van der Waals surface area (Å²) >= 11 is 0. The van der Waals surface area contributed by atoms with Crippen LogP contribution in [0.25, 0.3) is 0 Å². The van der Waals surface area contributed by atoms with E-state index in [0.717, 1.165) is 30.2 Å². The Hall–Kier alpha value is -2.63. The molecule has 0 bridgehead atoms. The van der Waals surface area contributed by atoms with Gasteiger partial charge in [0.25, 0.3) is 0 Å². The van der Waals surface area contributed by atoms with E-state index < -0.39 is 0 Å². The van der Waals surface area contributed by atoms with Crippen molar-refractivity contribution in [1.82, 2.24) is 14.9 Å². The third-order valence-electron chi connectivity index (χ3n) is 4.29. The Labute approximate surface area is 142 Å². The second kappa shape index (κ2) is 6.86. The molecule has 1 fully saturated rings. The third-order valence-corrected chi connectivity index (χ3v) is 4.29. The van der Waals surface area contributed by atoms with Crippen molar-refractivity contribution in [1.29, 1.82) is 0 Å². The Morgan fingerprint density at radius 3 is 2.75 bits per heavy atom. The number of aromatic nitrogens is 2. The van der Waals surface area contributed by atoms with Gasteiger partial charge < -0.3 is 14.5 Å². The summed E-state index contributed by atoms with van der Waals surface area (Å²) < 4.78 is 5.88.